The van der Waals surface area contributed by atoms with Crippen LogP contribution in [0.4, 0.5) is 4.79 Å². The van der Waals surface area contributed by atoms with E-state index < -0.39 is 59.9 Å². The Morgan fingerprint density at radius 2 is 1.70 bits per heavy atom. The number of carbonyl (C=O) groups excluding carboxylic acids is 5. The summed E-state index contributed by atoms with van der Waals surface area (Å²) in [6.45, 7) is 8.23. The van der Waals surface area contributed by atoms with Crippen LogP contribution < -0.4 is 11.1 Å². The molecule has 12 nitrogen and oxygen atoms in total. The van der Waals surface area contributed by atoms with Gasteiger partial charge >= 0.3 is 12.1 Å². The third-order valence-corrected chi connectivity index (χ3v) is 7.21. The van der Waals surface area contributed by atoms with Crippen LogP contribution in [-0.2, 0) is 42.9 Å². The SMILES string of the molecule is COC1=C2C[C@@H](C)C[C@H](OC)[C@H](OC(C)=O)[C@@H](C)/C=C(/C)[C@H](OC(N)=O)[C@@H](OC)/C=C\C=C(\C)C(=O)NC(=CC1=O)C2=O. The molecular formula is C31H42N2O10. The van der Waals surface area contributed by atoms with Gasteiger partial charge in [-0.05, 0) is 38.2 Å². The summed E-state index contributed by atoms with van der Waals surface area (Å²) in [4.78, 5) is 63.2. The zero-order valence-electron chi connectivity index (χ0n) is 25.9. The largest absolute Gasteiger partial charge is 0.492 e. The lowest BCUT2D eigenvalue weighted by atomic mass is 9.85. The quantitative estimate of drug-likeness (QED) is 0.271. The number of esters is 1. The van der Waals surface area contributed by atoms with E-state index in [4.69, 9.17) is 29.4 Å². The van der Waals surface area contributed by atoms with Gasteiger partial charge < -0.3 is 34.7 Å². The molecule has 0 saturated heterocycles. The predicted octanol–water partition coefficient (Wildman–Crippen LogP) is 2.98. The maximum Gasteiger partial charge on any atom is 0.405 e. The van der Waals surface area contributed by atoms with Crippen LogP contribution in [0.5, 0.6) is 0 Å². The highest BCUT2D eigenvalue weighted by atomic mass is 16.6. The van der Waals surface area contributed by atoms with E-state index in [9.17, 15) is 24.0 Å². The Morgan fingerprint density at radius 1 is 1.02 bits per heavy atom. The normalized spacial score (nSPS) is 31.1. The number of allylic oxidation sites excluding steroid dienone is 4. The molecule has 0 aromatic carbocycles. The Labute approximate surface area is 251 Å². The minimum absolute atomic E-state index is 0.0977. The summed E-state index contributed by atoms with van der Waals surface area (Å²) in [5.41, 5.74) is 6.11. The molecule has 2 aliphatic rings. The van der Waals surface area contributed by atoms with Gasteiger partial charge in [-0.25, -0.2) is 4.79 Å². The minimum Gasteiger partial charge on any atom is -0.492 e. The number of rotatable bonds is 5. The molecule has 2 bridgehead atoms. The number of amides is 2. The van der Waals surface area contributed by atoms with Gasteiger partial charge in [-0.15, -0.1) is 0 Å². The molecule has 3 N–H and O–H groups in total. The number of hydrogen-bond donors (Lipinski definition) is 2. The Kier molecular flexibility index (Phi) is 13.1. The molecule has 0 fully saturated rings. The lowest BCUT2D eigenvalue weighted by molar-refractivity contribution is -0.157. The molecule has 0 saturated carbocycles. The van der Waals surface area contributed by atoms with Crippen molar-refractivity contribution >= 4 is 29.5 Å². The lowest BCUT2D eigenvalue weighted by Gasteiger charge is -2.32. The van der Waals surface area contributed by atoms with Crippen LogP contribution in [0.15, 0.2) is 58.6 Å². The number of ketones is 2. The fourth-order valence-electron chi connectivity index (χ4n) is 5.14. The van der Waals surface area contributed by atoms with Gasteiger partial charge in [0.1, 0.15) is 12.2 Å². The van der Waals surface area contributed by atoms with Gasteiger partial charge in [-0.1, -0.05) is 38.2 Å². The Hall–Kier alpha value is -4.03. The van der Waals surface area contributed by atoms with Gasteiger partial charge in [-0.2, -0.15) is 0 Å². The van der Waals surface area contributed by atoms with Gasteiger partial charge in [-0.3, -0.25) is 19.2 Å². The average molecular weight is 603 g/mol. The average Bonchev–Trinajstić information content (AvgIpc) is 2.93. The first-order valence-electron chi connectivity index (χ1n) is 13.8. The number of primary amides is 1. The van der Waals surface area contributed by atoms with Crippen molar-refractivity contribution in [3.8, 4) is 0 Å². The number of hydrogen-bond acceptors (Lipinski definition) is 10. The molecule has 2 amide bonds. The van der Waals surface area contributed by atoms with E-state index in [1.807, 2.05) is 13.8 Å². The third-order valence-electron chi connectivity index (χ3n) is 7.21. The van der Waals surface area contributed by atoms with E-state index in [1.54, 1.807) is 19.1 Å². The number of methoxy groups -OCH3 is 3. The molecule has 236 valence electrons. The molecule has 12 heteroatoms. The molecule has 1 heterocycles. The van der Waals surface area contributed by atoms with Gasteiger partial charge in [0, 0.05) is 44.3 Å². The fourth-order valence-corrected chi connectivity index (χ4v) is 5.14. The lowest BCUT2D eigenvalue weighted by Crippen LogP contribution is -2.39. The summed E-state index contributed by atoms with van der Waals surface area (Å²) in [6, 6.07) is 0. The third kappa shape index (κ3) is 9.48. The molecular weight excluding hydrogens is 560 g/mol. The maximum absolute atomic E-state index is 13.5. The molecule has 0 spiro atoms. The van der Waals surface area contributed by atoms with Crippen LogP contribution in [0, 0.1) is 11.8 Å². The van der Waals surface area contributed by atoms with E-state index >= 15 is 0 Å². The van der Waals surface area contributed by atoms with E-state index in [1.165, 1.54) is 47.3 Å². The molecule has 0 aromatic rings. The Bertz CT molecular complexity index is 1260. The molecule has 43 heavy (non-hydrogen) atoms. The second kappa shape index (κ2) is 16.0. The van der Waals surface area contributed by atoms with E-state index in [0.717, 1.165) is 6.08 Å². The van der Waals surface area contributed by atoms with E-state index in [-0.39, 0.29) is 34.9 Å². The first-order valence-corrected chi connectivity index (χ1v) is 13.8. The van der Waals surface area contributed by atoms with Gasteiger partial charge in [0.25, 0.3) is 5.91 Å². The van der Waals surface area contributed by atoms with Crippen molar-refractivity contribution in [3.05, 3.63) is 58.6 Å². The van der Waals surface area contributed by atoms with Crippen molar-refractivity contribution in [2.24, 2.45) is 17.6 Å². The van der Waals surface area contributed by atoms with Crippen LogP contribution in [0.1, 0.15) is 47.5 Å². The molecule has 0 radical (unpaired) electrons. The highest BCUT2D eigenvalue weighted by Crippen LogP contribution is 2.30. The number of fused-ring (bicyclic) bond motifs is 2. The predicted molar refractivity (Wildman–Crippen MR) is 156 cm³/mol. The van der Waals surface area contributed by atoms with Crippen molar-refractivity contribution < 1.29 is 47.7 Å². The summed E-state index contributed by atoms with van der Waals surface area (Å²) in [5, 5.41) is 2.52. The van der Waals surface area contributed by atoms with Crippen LogP contribution in [-0.4, -0.2) is 75.3 Å². The summed E-state index contributed by atoms with van der Waals surface area (Å²) in [7, 11) is 4.21. The van der Waals surface area contributed by atoms with Gasteiger partial charge in [0.2, 0.25) is 11.6 Å². The summed E-state index contributed by atoms with van der Waals surface area (Å²) < 4.78 is 27.7. The second-order valence-electron chi connectivity index (χ2n) is 10.7. The topological polar surface area (TPSA) is 170 Å². The van der Waals surface area contributed by atoms with Crippen LogP contribution in [0.25, 0.3) is 0 Å². The van der Waals surface area contributed by atoms with Crippen molar-refractivity contribution in [1.29, 1.82) is 0 Å². The standard InChI is InChI=1S/C31H42N2O10/c1-16-12-21-26(36)22(15-23(35)29(21)41-8)33-30(37)17(2)10-9-11-24(39-6)27(43-31(32)38)18(3)14-19(4)28(42-20(5)34)25(13-16)40-7/h9-11,14-16,19,24-25,27-28H,12-13H2,1-8H3,(H2,32,38)(H,33,37)/b11-9-,17-10-,18-14-/t16-,19+,24+,25+,27+,28-/m1/s1. The van der Waals surface area contributed by atoms with Crippen LogP contribution >= 0.6 is 0 Å². The highest BCUT2D eigenvalue weighted by molar-refractivity contribution is 6.23. The molecule has 1 aliphatic heterocycles. The number of carbonyl (C=O) groups is 5. The minimum atomic E-state index is -1.02. The van der Waals surface area contributed by atoms with Crippen molar-refractivity contribution in [2.45, 2.75) is 71.9 Å². The van der Waals surface area contributed by atoms with Crippen LogP contribution in [0.3, 0.4) is 0 Å². The smallest absolute Gasteiger partial charge is 0.405 e. The summed E-state index contributed by atoms with van der Waals surface area (Å²) in [6.07, 6.45) is 3.68. The fraction of sp³-hybridized carbons (Fsp3) is 0.516. The number of ether oxygens (including phenoxy) is 5. The zero-order chi connectivity index (χ0) is 32.4. The first-order chi connectivity index (χ1) is 20.2. The Balaban J connectivity index is 2.70. The first kappa shape index (κ1) is 35.2. The number of Topliss-reactive ketones (excluding diaryl/α,β-unsaturated/α-hetero) is 1. The number of nitrogens with two attached hydrogens (primary N) is 1. The van der Waals surface area contributed by atoms with E-state index in [0.29, 0.717) is 12.0 Å². The number of nitrogens with one attached hydrogen (secondary N) is 1. The van der Waals surface area contributed by atoms with Crippen molar-refractivity contribution in [2.75, 3.05) is 21.3 Å². The summed E-state index contributed by atoms with van der Waals surface area (Å²) >= 11 is 0. The van der Waals surface area contributed by atoms with Gasteiger partial charge in [0.15, 0.2) is 11.9 Å². The molecule has 0 unspecified atom stereocenters. The molecule has 6 atom stereocenters. The van der Waals surface area contributed by atoms with E-state index in [2.05, 4.69) is 5.32 Å². The molecule has 0 aromatic heterocycles. The van der Waals surface area contributed by atoms with Gasteiger partial charge in [0.05, 0.1) is 18.9 Å². The second-order valence-corrected chi connectivity index (χ2v) is 10.7. The summed E-state index contributed by atoms with van der Waals surface area (Å²) in [5.74, 6) is -3.01. The monoisotopic (exact) mass is 602 g/mol. The maximum atomic E-state index is 13.5. The van der Waals surface area contributed by atoms with Crippen molar-refractivity contribution in [3.63, 3.8) is 0 Å². The molecule has 1 aliphatic carbocycles. The highest BCUT2D eigenvalue weighted by Gasteiger charge is 2.35. The van der Waals surface area contributed by atoms with Crippen molar-refractivity contribution in [1.82, 2.24) is 5.32 Å². The molecule has 2 rings (SSSR count). The Morgan fingerprint density at radius 3 is 2.26 bits per heavy atom. The zero-order valence-corrected chi connectivity index (χ0v) is 25.9. The van der Waals surface area contributed by atoms with Crippen LogP contribution in [0.2, 0.25) is 0 Å².